The van der Waals surface area contributed by atoms with Crippen molar-refractivity contribution in [2.24, 2.45) is 0 Å². The number of carbonyl (C=O) groups is 1. The molecule has 1 aromatic rings. The predicted molar refractivity (Wildman–Crippen MR) is 77.3 cm³/mol. The lowest BCUT2D eigenvalue weighted by Crippen LogP contribution is -2.38. The van der Waals surface area contributed by atoms with Crippen molar-refractivity contribution in [3.05, 3.63) is 11.4 Å². The number of nitrogens with zero attached hydrogens (tertiary/aromatic N) is 3. The van der Waals surface area contributed by atoms with Crippen LogP contribution in [0.2, 0.25) is 0 Å². The van der Waals surface area contributed by atoms with Crippen molar-refractivity contribution in [2.45, 2.75) is 45.8 Å². The van der Waals surface area contributed by atoms with Gasteiger partial charge in [-0.15, -0.1) is 0 Å². The zero-order valence-corrected chi connectivity index (χ0v) is 12.6. The Labute approximate surface area is 119 Å². The molecule has 6 nitrogen and oxygen atoms in total. The molecule has 1 atom stereocenters. The predicted octanol–water partition coefficient (Wildman–Crippen LogP) is 1.11. The second-order valence-electron chi connectivity index (χ2n) is 5.50. The van der Waals surface area contributed by atoms with Crippen molar-refractivity contribution in [2.75, 3.05) is 25.9 Å². The summed E-state index contributed by atoms with van der Waals surface area (Å²) in [5.41, 5.74) is 8.16. The highest BCUT2D eigenvalue weighted by molar-refractivity contribution is 5.76. The standard InChI is InChI=1S/C14H24N4O2/c1-10-14(15)11(2)18(16-10)9-13(19)17(3)8-12-6-4-5-7-20-12/h12H,4-9,15H2,1-3H3. The summed E-state index contributed by atoms with van der Waals surface area (Å²) < 4.78 is 7.33. The van der Waals surface area contributed by atoms with E-state index in [2.05, 4.69) is 5.10 Å². The average Bonchev–Trinajstić information content (AvgIpc) is 2.67. The maximum Gasteiger partial charge on any atom is 0.244 e. The molecule has 112 valence electrons. The van der Waals surface area contributed by atoms with Gasteiger partial charge in [-0.3, -0.25) is 9.48 Å². The molecule has 1 aromatic heterocycles. The number of nitrogens with two attached hydrogens (primary N) is 1. The van der Waals surface area contributed by atoms with Gasteiger partial charge in [0.05, 0.1) is 23.2 Å². The van der Waals surface area contributed by atoms with Crippen molar-refractivity contribution < 1.29 is 9.53 Å². The number of ether oxygens (including phenoxy) is 1. The minimum Gasteiger partial charge on any atom is -0.396 e. The fraction of sp³-hybridized carbons (Fsp3) is 0.714. The molecule has 1 aliphatic heterocycles. The second-order valence-corrected chi connectivity index (χ2v) is 5.50. The van der Waals surface area contributed by atoms with Gasteiger partial charge in [0.1, 0.15) is 6.54 Å². The number of carbonyl (C=O) groups excluding carboxylic acids is 1. The average molecular weight is 280 g/mol. The summed E-state index contributed by atoms with van der Waals surface area (Å²) in [6.45, 7) is 5.41. The Hall–Kier alpha value is -1.56. The maximum absolute atomic E-state index is 12.2. The van der Waals surface area contributed by atoms with E-state index < -0.39 is 0 Å². The minimum atomic E-state index is 0.0322. The molecule has 0 aliphatic carbocycles. The number of rotatable bonds is 4. The Bertz CT molecular complexity index is 478. The van der Waals surface area contributed by atoms with E-state index in [-0.39, 0.29) is 18.6 Å². The van der Waals surface area contributed by atoms with E-state index in [0.29, 0.717) is 12.2 Å². The molecular weight excluding hydrogens is 256 g/mol. The third kappa shape index (κ3) is 3.30. The highest BCUT2D eigenvalue weighted by Crippen LogP contribution is 2.16. The molecule has 2 heterocycles. The van der Waals surface area contributed by atoms with Crippen molar-refractivity contribution >= 4 is 11.6 Å². The monoisotopic (exact) mass is 280 g/mol. The van der Waals surface area contributed by atoms with Crippen LogP contribution in [0.1, 0.15) is 30.7 Å². The second kappa shape index (κ2) is 6.26. The smallest absolute Gasteiger partial charge is 0.244 e. The largest absolute Gasteiger partial charge is 0.396 e. The minimum absolute atomic E-state index is 0.0322. The molecule has 6 heteroatoms. The van der Waals surface area contributed by atoms with Crippen LogP contribution in [0.15, 0.2) is 0 Å². The van der Waals surface area contributed by atoms with E-state index in [9.17, 15) is 4.79 Å². The first-order valence-corrected chi connectivity index (χ1v) is 7.14. The maximum atomic E-state index is 12.2. The molecule has 1 amide bonds. The van der Waals surface area contributed by atoms with Gasteiger partial charge in [-0.25, -0.2) is 0 Å². The first-order valence-electron chi connectivity index (χ1n) is 7.14. The molecule has 1 fully saturated rings. The summed E-state index contributed by atoms with van der Waals surface area (Å²) in [5.74, 6) is 0.0322. The fourth-order valence-electron chi connectivity index (χ4n) is 2.47. The van der Waals surface area contributed by atoms with Crippen LogP contribution >= 0.6 is 0 Å². The fourth-order valence-corrected chi connectivity index (χ4v) is 2.47. The third-order valence-electron chi connectivity index (χ3n) is 3.90. The Morgan fingerprint density at radius 1 is 1.50 bits per heavy atom. The van der Waals surface area contributed by atoms with Gasteiger partial charge in [-0.1, -0.05) is 0 Å². The van der Waals surface area contributed by atoms with Gasteiger partial charge in [0, 0.05) is 20.2 Å². The van der Waals surface area contributed by atoms with E-state index >= 15 is 0 Å². The Balaban J connectivity index is 1.91. The molecule has 0 aromatic carbocycles. The van der Waals surface area contributed by atoms with Crippen LogP contribution in [-0.4, -0.2) is 46.9 Å². The van der Waals surface area contributed by atoms with Crippen LogP contribution in [0, 0.1) is 13.8 Å². The van der Waals surface area contributed by atoms with Crippen LogP contribution in [0.25, 0.3) is 0 Å². The van der Waals surface area contributed by atoms with Gasteiger partial charge in [0.15, 0.2) is 0 Å². The number of nitrogen functional groups attached to an aromatic ring is 1. The van der Waals surface area contributed by atoms with E-state index in [4.69, 9.17) is 10.5 Å². The normalized spacial score (nSPS) is 19.1. The van der Waals surface area contributed by atoms with Crippen LogP contribution < -0.4 is 5.73 Å². The highest BCUT2D eigenvalue weighted by atomic mass is 16.5. The first kappa shape index (κ1) is 14.8. The molecule has 20 heavy (non-hydrogen) atoms. The lowest BCUT2D eigenvalue weighted by atomic mass is 10.1. The van der Waals surface area contributed by atoms with Crippen molar-refractivity contribution in [1.82, 2.24) is 14.7 Å². The quantitative estimate of drug-likeness (QED) is 0.896. The van der Waals surface area contributed by atoms with Crippen molar-refractivity contribution in [1.29, 1.82) is 0 Å². The third-order valence-corrected chi connectivity index (χ3v) is 3.90. The molecule has 2 N–H and O–H groups in total. The van der Waals surface area contributed by atoms with Crippen LogP contribution in [0.3, 0.4) is 0 Å². The molecule has 1 saturated heterocycles. The summed E-state index contributed by atoms with van der Waals surface area (Å²) >= 11 is 0. The molecule has 2 rings (SSSR count). The van der Waals surface area contributed by atoms with Crippen molar-refractivity contribution in [3.8, 4) is 0 Å². The number of amides is 1. The molecule has 1 unspecified atom stereocenters. The molecule has 0 bridgehead atoms. The van der Waals surface area contributed by atoms with Gasteiger partial charge in [-0.05, 0) is 33.1 Å². The molecule has 1 aliphatic rings. The van der Waals surface area contributed by atoms with E-state index in [1.165, 1.54) is 6.42 Å². The van der Waals surface area contributed by atoms with Gasteiger partial charge >= 0.3 is 0 Å². The van der Waals surface area contributed by atoms with Gasteiger partial charge in [-0.2, -0.15) is 5.10 Å². The summed E-state index contributed by atoms with van der Waals surface area (Å²) in [6, 6.07) is 0. The molecule has 0 saturated carbocycles. The number of aryl methyl sites for hydroxylation is 1. The number of likely N-dealkylation sites (N-methyl/N-ethyl adjacent to an activating group) is 1. The van der Waals surface area contributed by atoms with Crippen LogP contribution in [-0.2, 0) is 16.1 Å². The van der Waals surface area contributed by atoms with Gasteiger partial charge in [0.2, 0.25) is 5.91 Å². The summed E-state index contributed by atoms with van der Waals surface area (Å²) in [4.78, 5) is 14.0. The van der Waals surface area contributed by atoms with Crippen molar-refractivity contribution in [3.63, 3.8) is 0 Å². The summed E-state index contributed by atoms with van der Waals surface area (Å²) in [5, 5.41) is 4.29. The molecule has 0 spiro atoms. The topological polar surface area (TPSA) is 73.4 Å². The summed E-state index contributed by atoms with van der Waals surface area (Å²) in [7, 11) is 1.81. The lowest BCUT2D eigenvalue weighted by Gasteiger charge is -2.27. The number of aromatic nitrogens is 2. The zero-order chi connectivity index (χ0) is 14.7. The zero-order valence-electron chi connectivity index (χ0n) is 12.6. The lowest BCUT2D eigenvalue weighted by molar-refractivity contribution is -0.133. The Kier molecular flexibility index (Phi) is 4.65. The summed E-state index contributed by atoms with van der Waals surface area (Å²) in [6.07, 6.45) is 3.51. The SMILES string of the molecule is Cc1nn(CC(=O)N(C)CC2CCCCO2)c(C)c1N. The van der Waals surface area contributed by atoms with Gasteiger partial charge < -0.3 is 15.4 Å². The highest BCUT2D eigenvalue weighted by Gasteiger charge is 2.20. The van der Waals surface area contributed by atoms with Crippen LogP contribution in [0.4, 0.5) is 5.69 Å². The van der Waals surface area contributed by atoms with E-state index in [1.54, 1.807) is 9.58 Å². The number of hydrogen-bond donors (Lipinski definition) is 1. The van der Waals surface area contributed by atoms with E-state index in [1.807, 2.05) is 20.9 Å². The van der Waals surface area contributed by atoms with E-state index in [0.717, 1.165) is 30.8 Å². The first-order chi connectivity index (χ1) is 9.49. The molecule has 0 radical (unpaired) electrons. The Morgan fingerprint density at radius 3 is 2.80 bits per heavy atom. The molecular formula is C14H24N4O2. The van der Waals surface area contributed by atoms with Gasteiger partial charge in [0.25, 0.3) is 0 Å². The Morgan fingerprint density at radius 2 is 2.25 bits per heavy atom. The number of hydrogen-bond acceptors (Lipinski definition) is 4. The van der Waals surface area contributed by atoms with Crippen LogP contribution in [0.5, 0.6) is 0 Å². The number of anilines is 1.